The van der Waals surface area contributed by atoms with Crippen LogP contribution in [0.3, 0.4) is 0 Å². The molecular formula is C17H20N2O6S. The number of ether oxygens (including phenoxy) is 4. The minimum absolute atomic E-state index is 0.290. The number of aromatic nitrogens is 2. The molecule has 8 nitrogen and oxygen atoms in total. The Morgan fingerprint density at radius 1 is 0.923 bits per heavy atom. The molecule has 0 aliphatic heterocycles. The second-order valence-electron chi connectivity index (χ2n) is 5.11. The van der Waals surface area contributed by atoms with Gasteiger partial charge in [0.25, 0.3) is 0 Å². The molecule has 0 radical (unpaired) electrons. The Kier molecular flexibility index (Phi) is 6.40. The van der Waals surface area contributed by atoms with Crippen molar-refractivity contribution in [1.82, 2.24) is 9.97 Å². The third-order valence-corrected chi connectivity index (χ3v) is 4.68. The highest BCUT2D eigenvalue weighted by atomic mass is 32.2. The molecule has 0 bridgehead atoms. The van der Waals surface area contributed by atoms with Gasteiger partial charge in [-0.25, -0.2) is 13.4 Å². The topological polar surface area (TPSA) is 96.8 Å². The van der Waals surface area contributed by atoms with Crippen molar-refractivity contribution in [2.24, 2.45) is 0 Å². The van der Waals surface area contributed by atoms with Crippen LogP contribution in [0, 0.1) is 0 Å². The fourth-order valence-corrected chi connectivity index (χ4v) is 3.15. The molecule has 1 aromatic heterocycles. The zero-order chi connectivity index (χ0) is 19.2. The van der Waals surface area contributed by atoms with Crippen molar-refractivity contribution in [2.45, 2.75) is 5.75 Å². The molecule has 0 saturated carbocycles. The van der Waals surface area contributed by atoms with Crippen LogP contribution in [-0.2, 0) is 15.6 Å². The molecule has 0 spiro atoms. The molecule has 0 saturated heterocycles. The first-order valence-corrected chi connectivity index (χ1v) is 9.19. The molecule has 1 heterocycles. The van der Waals surface area contributed by atoms with Crippen LogP contribution in [0.25, 0.3) is 6.08 Å². The minimum atomic E-state index is -3.58. The van der Waals surface area contributed by atoms with E-state index in [0.29, 0.717) is 34.4 Å². The van der Waals surface area contributed by atoms with E-state index in [1.165, 1.54) is 46.9 Å². The van der Waals surface area contributed by atoms with Gasteiger partial charge < -0.3 is 18.9 Å². The zero-order valence-electron chi connectivity index (χ0n) is 14.9. The summed E-state index contributed by atoms with van der Waals surface area (Å²) in [6.45, 7) is 0. The van der Waals surface area contributed by atoms with Crippen molar-refractivity contribution < 1.29 is 27.4 Å². The highest BCUT2D eigenvalue weighted by Gasteiger charge is 2.14. The molecule has 26 heavy (non-hydrogen) atoms. The molecule has 1 aromatic carbocycles. The van der Waals surface area contributed by atoms with Crippen molar-refractivity contribution in [2.75, 3.05) is 28.4 Å². The Morgan fingerprint density at radius 3 is 2.04 bits per heavy atom. The molecule has 0 fully saturated rings. The van der Waals surface area contributed by atoms with E-state index in [2.05, 4.69) is 9.97 Å². The van der Waals surface area contributed by atoms with Crippen LogP contribution in [0.15, 0.2) is 29.9 Å². The lowest BCUT2D eigenvalue weighted by atomic mass is 10.1. The van der Waals surface area contributed by atoms with Crippen molar-refractivity contribution in [3.05, 3.63) is 41.2 Å². The number of hydrogen-bond acceptors (Lipinski definition) is 8. The van der Waals surface area contributed by atoms with Gasteiger partial charge in [-0.15, -0.1) is 0 Å². The largest absolute Gasteiger partial charge is 0.496 e. The van der Waals surface area contributed by atoms with Gasteiger partial charge in [0.15, 0.2) is 9.84 Å². The predicted octanol–water partition coefficient (Wildman–Crippen LogP) is 2.10. The highest BCUT2D eigenvalue weighted by molar-refractivity contribution is 7.93. The van der Waals surface area contributed by atoms with Gasteiger partial charge in [0, 0.05) is 17.5 Å². The van der Waals surface area contributed by atoms with Gasteiger partial charge in [-0.05, 0) is 6.08 Å². The van der Waals surface area contributed by atoms with E-state index in [-0.39, 0.29) is 5.75 Å². The summed E-state index contributed by atoms with van der Waals surface area (Å²) in [6.07, 6.45) is 4.15. The van der Waals surface area contributed by atoms with Crippen molar-refractivity contribution in [1.29, 1.82) is 0 Å². The molecule has 0 aliphatic rings. The smallest absolute Gasteiger partial charge is 0.231 e. The van der Waals surface area contributed by atoms with E-state index in [0.717, 1.165) is 5.41 Å². The van der Waals surface area contributed by atoms with Gasteiger partial charge in [0.05, 0.1) is 57.8 Å². The first-order valence-electron chi connectivity index (χ1n) is 7.48. The first-order chi connectivity index (χ1) is 12.4. The SMILES string of the molecule is COc1cc(OC)c(/C=C/S(=O)(=O)Cc2cnc(OC)cn2)c(OC)c1. The molecular weight excluding hydrogens is 360 g/mol. The number of benzene rings is 1. The maximum atomic E-state index is 12.4. The summed E-state index contributed by atoms with van der Waals surface area (Å²) < 4.78 is 45.4. The van der Waals surface area contributed by atoms with E-state index in [1.54, 1.807) is 12.1 Å². The summed E-state index contributed by atoms with van der Waals surface area (Å²) in [6, 6.07) is 3.29. The van der Waals surface area contributed by atoms with Crippen molar-refractivity contribution >= 4 is 15.9 Å². The number of nitrogens with zero attached hydrogens (tertiary/aromatic N) is 2. The standard InChI is InChI=1S/C17H20N2O6S/c1-22-13-7-15(23-2)14(16(8-13)24-3)5-6-26(20,21)11-12-9-19-17(25-4)10-18-12/h5-10H,11H2,1-4H3/b6-5+. The molecule has 0 N–H and O–H groups in total. The summed E-state index contributed by atoms with van der Waals surface area (Å²) >= 11 is 0. The fraction of sp³-hybridized carbons (Fsp3) is 0.294. The quantitative estimate of drug-likeness (QED) is 0.687. The monoisotopic (exact) mass is 380 g/mol. The van der Waals surface area contributed by atoms with Crippen LogP contribution in [-0.4, -0.2) is 46.8 Å². The molecule has 2 aromatic rings. The predicted molar refractivity (Wildman–Crippen MR) is 96.3 cm³/mol. The van der Waals surface area contributed by atoms with E-state index in [1.807, 2.05) is 0 Å². The Labute approximate surface area is 152 Å². The number of hydrogen-bond donors (Lipinski definition) is 0. The zero-order valence-corrected chi connectivity index (χ0v) is 15.7. The fourth-order valence-electron chi connectivity index (χ4n) is 2.15. The van der Waals surface area contributed by atoms with Crippen LogP contribution < -0.4 is 18.9 Å². The highest BCUT2D eigenvalue weighted by Crippen LogP contribution is 2.35. The maximum Gasteiger partial charge on any atom is 0.231 e. The van der Waals surface area contributed by atoms with Gasteiger partial charge in [-0.2, -0.15) is 0 Å². The van der Waals surface area contributed by atoms with Gasteiger partial charge >= 0.3 is 0 Å². The average molecular weight is 380 g/mol. The Bertz CT molecular complexity index is 854. The summed E-state index contributed by atoms with van der Waals surface area (Å²) in [4.78, 5) is 7.96. The first kappa shape index (κ1) is 19.5. The molecule has 140 valence electrons. The lowest BCUT2D eigenvalue weighted by Crippen LogP contribution is -2.03. The Balaban J connectivity index is 2.29. The number of sulfone groups is 1. The Morgan fingerprint density at radius 2 is 1.58 bits per heavy atom. The van der Waals surface area contributed by atoms with E-state index in [4.69, 9.17) is 18.9 Å². The molecule has 0 aliphatic carbocycles. The normalized spacial score (nSPS) is 11.4. The molecule has 0 unspecified atom stereocenters. The lowest BCUT2D eigenvalue weighted by Gasteiger charge is -2.12. The average Bonchev–Trinajstić information content (AvgIpc) is 2.65. The van der Waals surface area contributed by atoms with E-state index in [9.17, 15) is 8.42 Å². The second-order valence-corrected chi connectivity index (χ2v) is 6.99. The van der Waals surface area contributed by atoms with Gasteiger partial charge in [0.1, 0.15) is 17.2 Å². The number of rotatable bonds is 8. The van der Waals surface area contributed by atoms with Gasteiger partial charge in [0.2, 0.25) is 5.88 Å². The molecule has 0 amide bonds. The maximum absolute atomic E-state index is 12.4. The van der Waals surface area contributed by atoms with Crippen LogP contribution >= 0.6 is 0 Å². The van der Waals surface area contributed by atoms with Crippen molar-refractivity contribution in [3.8, 4) is 23.1 Å². The minimum Gasteiger partial charge on any atom is -0.496 e. The third kappa shape index (κ3) is 4.85. The third-order valence-electron chi connectivity index (χ3n) is 3.44. The van der Waals surface area contributed by atoms with Crippen LogP contribution in [0.2, 0.25) is 0 Å². The summed E-state index contributed by atoms with van der Waals surface area (Å²) in [5, 5.41) is 1.09. The molecule has 0 atom stereocenters. The molecule has 2 rings (SSSR count). The van der Waals surface area contributed by atoms with E-state index >= 15 is 0 Å². The van der Waals surface area contributed by atoms with E-state index < -0.39 is 9.84 Å². The Hall–Kier alpha value is -2.81. The van der Waals surface area contributed by atoms with Gasteiger partial charge in [-0.3, -0.25) is 4.98 Å². The van der Waals surface area contributed by atoms with Crippen molar-refractivity contribution in [3.63, 3.8) is 0 Å². The number of methoxy groups -OCH3 is 4. The summed E-state index contributed by atoms with van der Waals surface area (Å²) in [7, 11) is 2.35. The lowest BCUT2D eigenvalue weighted by molar-refractivity contribution is 0.374. The van der Waals surface area contributed by atoms with Gasteiger partial charge in [-0.1, -0.05) is 0 Å². The van der Waals surface area contributed by atoms with Crippen LogP contribution in [0.5, 0.6) is 23.1 Å². The summed E-state index contributed by atoms with van der Waals surface area (Å²) in [5.74, 6) is 1.41. The molecule has 9 heteroatoms. The van der Waals surface area contributed by atoms with Crippen LogP contribution in [0.1, 0.15) is 11.3 Å². The second kappa shape index (κ2) is 8.52. The van der Waals surface area contributed by atoms with Crippen LogP contribution in [0.4, 0.5) is 0 Å². The summed E-state index contributed by atoms with van der Waals surface area (Å²) in [5.41, 5.74) is 0.796.